The lowest BCUT2D eigenvalue weighted by molar-refractivity contribution is -0.124. The van der Waals surface area contributed by atoms with Gasteiger partial charge in [-0.2, -0.15) is 0 Å². The van der Waals surface area contributed by atoms with Crippen LogP contribution in [0.5, 0.6) is 0 Å². The summed E-state index contributed by atoms with van der Waals surface area (Å²) >= 11 is 0. The minimum atomic E-state index is -0.426. The predicted molar refractivity (Wildman–Crippen MR) is 94.3 cm³/mol. The summed E-state index contributed by atoms with van der Waals surface area (Å²) in [5, 5.41) is 5.53. The van der Waals surface area contributed by atoms with E-state index < -0.39 is 6.04 Å². The highest BCUT2D eigenvalue weighted by Gasteiger charge is 2.34. The number of anilines is 1. The molecule has 0 bridgehead atoms. The van der Waals surface area contributed by atoms with E-state index in [0.29, 0.717) is 37.4 Å². The Balaban J connectivity index is 1.97. The third-order valence-corrected chi connectivity index (χ3v) is 4.09. The van der Waals surface area contributed by atoms with Gasteiger partial charge in [-0.1, -0.05) is 0 Å². The largest absolute Gasteiger partial charge is 0.385 e. The fourth-order valence-corrected chi connectivity index (χ4v) is 2.89. The average Bonchev–Trinajstić information content (AvgIpc) is 3.08. The molecule has 0 spiro atoms. The van der Waals surface area contributed by atoms with Crippen LogP contribution in [-0.2, 0) is 14.3 Å². The van der Waals surface area contributed by atoms with Crippen molar-refractivity contribution in [1.82, 2.24) is 10.2 Å². The molecule has 0 aromatic heterocycles. The fraction of sp³-hybridized carbons (Fsp3) is 0.500. The summed E-state index contributed by atoms with van der Waals surface area (Å²) in [6, 6.07) is 6.28. The molecular weight excluding hydrogens is 322 g/mol. The second-order valence-electron chi connectivity index (χ2n) is 6.05. The maximum absolute atomic E-state index is 12.7. The van der Waals surface area contributed by atoms with Crippen LogP contribution in [0.4, 0.5) is 5.69 Å². The van der Waals surface area contributed by atoms with Gasteiger partial charge in [-0.25, -0.2) is 0 Å². The van der Waals surface area contributed by atoms with Crippen molar-refractivity contribution in [2.75, 3.05) is 32.1 Å². The number of ether oxygens (including phenoxy) is 1. The molecule has 1 aromatic rings. The second kappa shape index (κ2) is 9.17. The Hall–Kier alpha value is -2.41. The van der Waals surface area contributed by atoms with Crippen LogP contribution in [0, 0.1) is 0 Å². The van der Waals surface area contributed by atoms with Gasteiger partial charge in [0.1, 0.15) is 6.04 Å². The molecule has 25 heavy (non-hydrogen) atoms. The Morgan fingerprint density at radius 2 is 1.96 bits per heavy atom. The van der Waals surface area contributed by atoms with Crippen LogP contribution in [0.3, 0.4) is 0 Å². The van der Waals surface area contributed by atoms with E-state index in [-0.39, 0.29) is 17.7 Å². The molecule has 1 unspecified atom stereocenters. The Morgan fingerprint density at radius 1 is 1.24 bits per heavy atom. The molecule has 7 heteroatoms. The van der Waals surface area contributed by atoms with Crippen LogP contribution in [0.15, 0.2) is 24.3 Å². The van der Waals surface area contributed by atoms with Crippen LogP contribution < -0.4 is 10.6 Å². The number of amides is 3. The number of nitrogens with one attached hydrogen (secondary N) is 2. The fourth-order valence-electron chi connectivity index (χ4n) is 2.89. The lowest BCUT2D eigenvalue weighted by atomic mass is 10.1. The van der Waals surface area contributed by atoms with E-state index in [9.17, 15) is 14.4 Å². The number of hydrogen-bond acceptors (Lipinski definition) is 4. The van der Waals surface area contributed by atoms with Gasteiger partial charge in [0, 0.05) is 45.0 Å². The number of carbonyl (C=O) groups is 3. The molecule has 1 saturated heterocycles. The van der Waals surface area contributed by atoms with E-state index in [1.807, 2.05) is 0 Å². The van der Waals surface area contributed by atoms with E-state index in [1.165, 1.54) is 6.92 Å². The normalized spacial score (nSPS) is 16.6. The lowest BCUT2D eigenvalue weighted by Gasteiger charge is -2.24. The highest BCUT2D eigenvalue weighted by molar-refractivity contribution is 5.98. The average molecular weight is 347 g/mol. The monoisotopic (exact) mass is 347 g/mol. The number of likely N-dealkylation sites (tertiary alicyclic amines) is 1. The van der Waals surface area contributed by atoms with Gasteiger partial charge < -0.3 is 20.3 Å². The summed E-state index contributed by atoms with van der Waals surface area (Å²) in [6.07, 6.45) is 2.23. The second-order valence-corrected chi connectivity index (χ2v) is 6.05. The molecular formula is C18H25N3O4. The third-order valence-electron chi connectivity index (χ3n) is 4.09. The topological polar surface area (TPSA) is 87.7 Å². The first-order valence-electron chi connectivity index (χ1n) is 8.48. The quantitative estimate of drug-likeness (QED) is 0.730. The number of methoxy groups -OCH3 is 1. The van der Waals surface area contributed by atoms with Gasteiger partial charge >= 0.3 is 0 Å². The molecule has 1 aliphatic rings. The summed E-state index contributed by atoms with van der Waals surface area (Å²) in [7, 11) is 1.62. The molecule has 0 saturated carbocycles. The van der Waals surface area contributed by atoms with Gasteiger partial charge in [0.2, 0.25) is 11.8 Å². The molecule has 0 aliphatic carbocycles. The van der Waals surface area contributed by atoms with E-state index in [4.69, 9.17) is 4.74 Å². The zero-order valence-electron chi connectivity index (χ0n) is 14.7. The van der Waals surface area contributed by atoms with Crippen molar-refractivity contribution in [3.8, 4) is 0 Å². The van der Waals surface area contributed by atoms with Gasteiger partial charge in [-0.3, -0.25) is 14.4 Å². The van der Waals surface area contributed by atoms with Crippen molar-refractivity contribution >= 4 is 23.4 Å². The first-order chi connectivity index (χ1) is 12.0. The summed E-state index contributed by atoms with van der Waals surface area (Å²) < 4.78 is 4.96. The summed E-state index contributed by atoms with van der Waals surface area (Å²) in [5.41, 5.74) is 1.14. The standard InChI is InChI=1S/C18H25N3O4/c1-13(22)20-15-8-6-14(7-9-15)18(24)21-11-3-5-16(21)17(23)19-10-4-12-25-2/h6-9,16H,3-5,10-12H2,1-2H3,(H,19,23)(H,20,22). The third kappa shape index (κ3) is 5.29. The predicted octanol–water partition coefficient (Wildman–Crippen LogP) is 1.40. The van der Waals surface area contributed by atoms with Crippen molar-refractivity contribution in [2.45, 2.75) is 32.2 Å². The van der Waals surface area contributed by atoms with E-state index in [2.05, 4.69) is 10.6 Å². The van der Waals surface area contributed by atoms with Gasteiger partial charge in [0.15, 0.2) is 0 Å². The van der Waals surface area contributed by atoms with Crippen molar-refractivity contribution in [2.24, 2.45) is 0 Å². The maximum Gasteiger partial charge on any atom is 0.254 e. The Bertz CT molecular complexity index is 615. The van der Waals surface area contributed by atoms with Crippen LogP contribution in [-0.4, -0.2) is 55.5 Å². The molecule has 2 rings (SSSR count). The van der Waals surface area contributed by atoms with Crippen LogP contribution in [0.2, 0.25) is 0 Å². The van der Waals surface area contributed by atoms with Gasteiger partial charge in [-0.05, 0) is 43.5 Å². The van der Waals surface area contributed by atoms with E-state index >= 15 is 0 Å². The molecule has 1 aromatic carbocycles. The number of rotatable bonds is 7. The van der Waals surface area contributed by atoms with Gasteiger partial charge in [0.25, 0.3) is 5.91 Å². The first-order valence-corrected chi connectivity index (χ1v) is 8.48. The molecule has 136 valence electrons. The van der Waals surface area contributed by atoms with Gasteiger partial charge in [-0.15, -0.1) is 0 Å². The summed E-state index contributed by atoms with van der Waals surface area (Å²) in [6.45, 7) is 3.13. The first kappa shape index (κ1) is 18.9. The highest BCUT2D eigenvalue weighted by Crippen LogP contribution is 2.21. The van der Waals surface area contributed by atoms with Crippen LogP contribution in [0.25, 0.3) is 0 Å². The lowest BCUT2D eigenvalue weighted by Crippen LogP contribution is -2.46. The van der Waals surface area contributed by atoms with Crippen molar-refractivity contribution < 1.29 is 19.1 Å². The van der Waals surface area contributed by atoms with E-state index in [0.717, 1.165) is 12.8 Å². The Kier molecular flexibility index (Phi) is 6.94. The molecule has 2 N–H and O–H groups in total. The maximum atomic E-state index is 12.7. The van der Waals surface area contributed by atoms with Crippen LogP contribution in [0.1, 0.15) is 36.5 Å². The SMILES string of the molecule is COCCCNC(=O)C1CCCN1C(=O)c1ccc(NC(C)=O)cc1. The molecule has 1 aliphatic heterocycles. The molecule has 7 nitrogen and oxygen atoms in total. The van der Waals surface area contributed by atoms with Crippen molar-refractivity contribution in [1.29, 1.82) is 0 Å². The molecule has 3 amide bonds. The van der Waals surface area contributed by atoms with Crippen LogP contribution >= 0.6 is 0 Å². The van der Waals surface area contributed by atoms with Crippen molar-refractivity contribution in [3.05, 3.63) is 29.8 Å². The molecule has 1 heterocycles. The molecule has 1 fully saturated rings. The highest BCUT2D eigenvalue weighted by atomic mass is 16.5. The number of hydrogen-bond donors (Lipinski definition) is 2. The Morgan fingerprint density at radius 3 is 2.60 bits per heavy atom. The number of benzene rings is 1. The number of carbonyl (C=O) groups excluding carboxylic acids is 3. The minimum absolute atomic E-state index is 0.114. The summed E-state index contributed by atoms with van der Waals surface area (Å²) in [5.74, 6) is -0.440. The zero-order chi connectivity index (χ0) is 18.2. The smallest absolute Gasteiger partial charge is 0.254 e. The van der Waals surface area contributed by atoms with Gasteiger partial charge in [0.05, 0.1) is 0 Å². The molecule has 0 radical (unpaired) electrons. The zero-order valence-corrected chi connectivity index (χ0v) is 14.7. The number of nitrogens with zero attached hydrogens (tertiary/aromatic N) is 1. The van der Waals surface area contributed by atoms with Crippen molar-refractivity contribution in [3.63, 3.8) is 0 Å². The van der Waals surface area contributed by atoms with E-state index in [1.54, 1.807) is 36.3 Å². The summed E-state index contributed by atoms with van der Waals surface area (Å²) in [4.78, 5) is 37.7. The Labute approximate surface area is 147 Å². The molecule has 1 atom stereocenters. The minimum Gasteiger partial charge on any atom is -0.385 e.